The normalized spacial score (nSPS) is 13.2. The van der Waals surface area contributed by atoms with E-state index < -0.39 is 0 Å². The van der Waals surface area contributed by atoms with Gasteiger partial charge in [-0.1, -0.05) is 159 Å². The van der Waals surface area contributed by atoms with Crippen LogP contribution in [0.15, 0.2) is 200 Å². The predicted molar refractivity (Wildman–Crippen MR) is 256 cm³/mol. The van der Waals surface area contributed by atoms with Crippen LogP contribution in [-0.2, 0) is 5.41 Å². The van der Waals surface area contributed by atoms with Crippen LogP contribution in [0.2, 0.25) is 0 Å². The standard InChI is InChI=1S/C58H39N3/c1-58(2)49-21-11-10-19-44(49)47-34-48-54(35-50(47)58)60(53-33-32-46-43-18-7-6-16-41(43)42-17-8-9-20-45(42)55(46)56(48)53)40-30-28-37(29-31-40)36-24-26-38(27-25-36)57-59-51-22-12-13-23-52(51)61(57)39-14-4-3-5-15-39/h3-35H,1-2H3. The molecule has 61 heavy (non-hydrogen) atoms. The van der Waals surface area contributed by atoms with Crippen molar-refractivity contribution in [1.82, 2.24) is 14.1 Å². The van der Waals surface area contributed by atoms with Gasteiger partial charge in [-0.2, -0.15) is 0 Å². The van der Waals surface area contributed by atoms with Gasteiger partial charge in [0.2, 0.25) is 0 Å². The highest BCUT2D eigenvalue weighted by Gasteiger charge is 2.36. The number of imidazole rings is 1. The van der Waals surface area contributed by atoms with Crippen LogP contribution in [0.3, 0.4) is 0 Å². The average Bonchev–Trinajstić information content (AvgIpc) is 3.94. The van der Waals surface area contributed by atoms with Crippen LogP contribution in [0, 0.1) is 0 Å². The zero-order valence-corrected chi connectivity index (χ0v) is 33.9. The summed E-state index contributed by atoms with van der Waals surface area (Å²) in [5, 5.41) is 10.4. The second-order valence-corrected chi connectivity index (χ2v) is 17.1. The van der Waals surface area contributed by atoms with Gasteiger partial charge in [0.15, 0.2) is 0 Å². The predicted octanol–water partition coefficient (Wildman–Crippen LogP) is 15.2. The molecule has 0 fully saturated rings. The number of hydrogen-bond donors (Lipinski definition) is 0. The van der Waals surface area contributed by atoms with Gasteiger partial charge in [-0.25, -0.2) is 4.98 Å². The molecule has 0 saturated heterocycles. The third-order valence-corrected chi connectivity index (χ3v) is 13.5. The van der Waals surface area contributed by atoms with E-state index in [1.807, 2.05) is 0 Å². The average molecular weight is 778 g/mol. The molecule has 0 bridgehead atoms. The summed E-state index contributed by atoms with van der Waals surface area (Å²) < 4.78 is 4.77. The van der Waals surface area contributed by atoms with E-state index in [4.69, 9.17) is 4.98 Å². The Bertz CT molecular complexity index is 3720. The van der Waals surface area contributed by atoms with Crippen LogP contribution >= 0.6 is 0 Å². The van der Waals surface area contributed by atoms with E-state index in [1.165, 1.54) is 87.5 Å². The van der Waals surface area contributed by atoms with Crippen LogP contribution in [0.25, 0.3) is 110 Å². The lowest BCUT2D eigenvalue weighted by Gasteiger charge is -2.21. The number of hydrogen-bond acceptors (Lipinski definition) is 1. The Kier molecular flexibility index (Phi) is 7.07. The first-order valence-electron chi connectivity index (χ1n) is 21.2. The smallest absolute Gasteiger partial charge is 0.145 e. The summed E-state index contributed by atoms with van der Waals surface area (Å²) in [5.41, 5.74) is 15.5. The lowest BCUT2D eigenvalue weighted by atomic mass is 9.82. The van der Waals surface area contributed by atoms with E-state index in [0.29, 0.717) is 0 Å². The highest BCUT2D eigenvalue weighted by Crippen LogP contribution is 2.52. The van der Waals surface area contributed by atoms with Crippen molar-refractivity contribution < 1.29 is 0 Å². The SMILES string of the molecule is CC1(C)c2ccccc2-c2cc3c4c5c6ccccc6c6ccccc6c5ccc4n(-c4ccc(-c5ccc(-c6nc7ccccc7n6-c6ccccc6)cc5)cc4)c3cc21. The molecule has 3 heteroatoms. The summed E-state index contributed by atoms with van der Waals surface area (Å²) in [4.78, 5) is 5.10. The summed E-state index contributed by atoms with van der Waals surface area (Å²) >= 11 is 0. The molecule has 0 saturated carbocycles. The monoisotopic (exact) mass is 777 g/mol. The van der Waals surface area contributed by atoms with Crippen molar-refractivity contribution in [2.75, 3.05) is 0 Å². The van der Waals surface area contributed by atoms with Crippen LogP contribution in [-0.4, -0.2) is 14.1 Å². The van der Waals surface area contributed by atoms with E-state index in [1.54, 1.807) is 0 Å². The first-order valence-corrected chi connectivity index (χ1v) is 21.2. The summed E-state index contributed by atoms with van der Waals surface area (Å²) in [6, 6.07) is 73.4. The zero-order chi connectivity index (χ0) is 40.4. The van der Waals surface area contributed by atoms with E-state index in [-0.39, 0.29) is 5.41 Å². The minimum absolute atomic E-state index is 0.118. The summed E-state index contributed by atoms with van der Waals surface area (Å²) in [6.45, 7) is 4.76. The van der Waals surface area contributed by atoms with Gasteiger partial charge in [0.1, 0.15) is 5.82 Å². The van der Waals surface area contributed by atoms with Gasteiger partial charge in [-0.15, -0.1) is 0 Å². The summed E-state index contributed by atoms with van der Waals surface area (Å²) in [5.74, 6) is 0.937. The maximum absolute atomic E-state index is 5.10. The molecule has 0 spiro atoms. The quantitative estimate of drug-likeness (QED) is 0.163. The number of aromatic nitrogens is 3. The Balaban J connectivity index is 0.997. The van der Waals surface area contributed by atoms with Gasteiger partial charge < -0.3 is 4.57 Å². The van der Waals surface area contributed by atoms with Crippen LogP contribution in [0.4, 0.5) is 0 Å². The van der Waals surface area contributed by atoms with Gasteiger partial charge >= 0.3 is 0 Å². The van der Waals surface area contributed by atoms with E-state index in [2.05, 4.69) is 223 Å². The topological polar surface area (TPSA) is 22.8 Å². The second kappa shape index (κ2) is 12.6. The Morgan fingerprint density at radius 2 is 0.934 bits per heavy atom. The molecule has 286 valence electrons. The first kappa shape index (κ1) is 34.1. The van der Waals surface area contributed by atoms with Crippen LogP contribution < -0.4 is 0 Å². The van der Waals surface area contributed by atoms with Crippen molar-refractivity contribution >= 4 is 65.2 Å². The summed E-state index contributed by atoms with van der Waals surface area (Å²) in [6.07, 6.45) is 0. The second-order valence-electron chi connectivity index (χ2n) is 17.1. The van der Waals surface area contributed by atoms with Crippen molar-refractivity contribution in [2.24, 2.45) is 0 Å². The lowest BCUT2D eigenvalue weighted by molar-refractivity contribution is 0.661. The molecule has 0 atom stereocenters. The Morgan fingerprint density at radius 3 is 1.69 bits per heavy atom. The number of para-hydroxylation sites is 3. The fourth-order valence-corrected chi connectivity index (χ4v) is 10.6. The fraction of sp³-hybridized carbons (Fsp3) is 0.0517. The molecular weight excluding hydrogens is 739 g/mol. The van der Waals surface area contributed by atoms with Gasteiger partial charge in [-0.3, -0.25) is 4.57 Å². The van der Waals surface area contributed by atoms with Gasteiger partial charge in [0.25, 0.3) is 0 Å². The minimum atomic E-state index is -0.118. The van der Waals surface area contributed by atoms with Crippen molar-refractivity contribution in [1.29, 1.82) is 0 Å². The molecule has 12 aromatic rings. The number of nitrogens with zero attached hydrogens (tertiary/aromatic N) is 3. The van der Waals surface area contributed by atoms with Crippen LogP contribution in [0.5, 0.6) is 0 Å². The van der Waals surface area contributed by atoms with Crippen molar-refractivity contribution in [2.45, 2.75) is 19.3 Å². The van der Waals surface area contributed by atoms with Gasteiger partial charge in [0, 0.05) is 38.5 Å². The number of rotatable bonds is 4. The molecule has 2 heterocycles. The molecule has 13 rings (SSSR count). The Morgan fingerprint density at radius 1 is 0.361 bits per heavy atom. The molecule has 0 radical (unpaired) electrons. The molecule has 3 nitrogen and oxygen atoms in total. The highest BCUT2D eigenvalue weighted by molar-refractivity contribution is 6.35. The zero-order valence-electron chi connectivity index (χ0n) is 33.9. The largest absolute Gasteiger partial charge is 0.309 e. The molecule has 1 aliphatic rings. The molecule has 0 amide bonds. The van der Waals surface area contributed by atoms with E-state index >= 15 is 0 Å². The van der Waals surface area contributed by atoms with Gasteiger partial charge in [-0.05, 0) is 115 Å². The number of benzene rings is 10. The molecule has 0 unspecified atom stereocenters. The highest BCUT2D eigenvalue weighted by atomic mass is 15.1. The van der Waals surface area contributed by atoms with Crippen molar-refractivity contribution in [3.05, 3.63) is 211 Å². The maximum atomic E-state index is 5.10. The van der Waals surface area contributed by atoms with Crippen LogP contribution in [0.1, 0.15) is 25.0 Å². The van der Waals surface area contributed by atoms with Crippen molar-refractivity contribution in [3.8, 4) is 45.0 Å². The van der Waals surface area contributed by atoms with E-state index in [9.17, 15) is 0 Å². The number of fused-ring (bicyclic) bond motifs is 14. The molecule has 0 aliphatic heterocycles. The molecular formula is C58H39N3. The minimum Gasteiger partial charge on any atom is -0.309 e. The molecule has 1 aliphatic carbocycles. The Hall–Kier alpha value is -7.75. The third-order valence-electron chi connectivity index (χ3n) is 13.5. The summed E-state index contributed by atoms with van der Waals surface area (Å²) in [7, 11) is 0. The maximum Gasteiger partial charge on any atom is 0.145 e. The molecule has 2 aromatic heterocycles. The fourth-order valence-electron chi connectivity index (χ4n) is 10.6. The Labute approximate surface area is 353 Å². The van der Waals surface area contributed by atoms with Crippen molar-refractivity contribution in [3.63, 3.8) is 0 Å². The lowest BCUT2D eigenvalue weighted by Crippen LogP contribution is -2.14. The third kappa shape index (κ3) is 4.83. The molecule has 0 N–H and O–H groups in total. The first-order chi connectivity index (χ1) is 30.0. The molecule has 10 aromatic carbocycles. The van der Waals surface area contributed by atoms with Gasteiger partial charge in [0.05, 0.1) is 22.1 Å². The van der Waals surface area contributed by atoms with E-state index in [0.717, 1.165) is 33.8 Å².